The van der Waals surface area contributed by atoms with Crippen molar-refractivity contribution in [1.29, 1.82) is 0 Å². The van der Waals surface area contributed by atoms with Gasteiger partial charge in [0.1, 0.15) is 5.75 Å². The van der Waals surface area contributed by atoms with Gasteiger partial charge in [-0.2, -0.15) is 0 Å². The molecule has 17 heavy (non-hydrogen) atoms. The Balaban J connectivity index is 2.80. The number of primary amides is 1. The first-order valence-corrected chi connectivity index (χ1v) is 6.21. The highest BCUT2D eigenvalue weighted by molar-refractivity contribution is 9.10. The zero-order valence-corrected chi connectivity index (χ0v) is 11.6. The van der Waals surface area contributed by atoms with Crippen molar-refractivity contribution in [1.82, 2.24) is 5.32 Å². The lowest BCUT2D eigenvalue weighted by atomic mass is 10.1. The molecule has 0 bridgehead atoms. The third kappa shape index (κ3) is 4.36. The van der Waals surface area contributed by atoms with Gasteiger partial charge in [-0.1, -0.05) is 22.0 Å². The van der Waals surface area contributed by atoms with E-state index < -0.39 is 0 Å². The first-order valence-electron chi connectivity index (χ1n) is 5.42. The number of nitrogens with two attached hydrogens (primary N) is 1. The Labute approximate surface area is 110 Å². The van der Waals surface area contributed by atoms with Crippen molar-refractivity contribution in [2.45, 2.75) is 19.4 Å². The zero-order valence-electron chi connectivity index (χ0n) is 10.00. The molecule has 1 aromatic rings. The summed E-state index contributed by atoms with van der Waals surface area (Å²) in [7, 11) is 1.89. The Hall–Kier alpha value is -1.07. The molecule has 0 spiro atoms. The van der Waals surface area contributed by atoms with Gasteiger partial charge in [-0.15, -0.1) is 0 Å². The van der Waals surface area contributed by atoms with E-state index in [1.807, 2.05) is 32.2 Å². The number of rotatable bonds is 6. The third-order valence-electron chi connectivity index (χ3n) is 2.48. The summed E-state index contributed by atoms with van der Waals surface area (Å²) in [4.78, 5) is 10.7. The molecule has 0 aromatic heterocycles. The van der Waals surface area contributed by atoms with Gasteiger partial charge in [0.2, 0.25) is 5.91 Å². The summed E-state index contributed by atoms with van der Waals surface area (Å²) in [6, 6.07) is 6.03. The van der Waals surface area contributed by atoms with Crippen LogP contribution in [-0.2, 0) is 4.79 Å². The molecule has 0 radical (unpaired) electrons. The van der Waals surface area contributed by atoms with Crippen LogP contribution in [0.25, 0.3) is 0 Å². The van der Waals surface area contributed by atoms with Gasteiger partial charge < -0.3 is 15.8 Å². The Kier molecular flexibility index (Phi) is 5.44. The first-order chi connectivity index (χ1) is 8.04. The van der Waals surface area contributed by atoms with Gasteiger partial charge in [0.15, 0.2) is 0 Å². The molecule has 4 nitrogen and oxygen atoms in total. The van der Waals surface area contributed by atoms with Crippen LogP contribution in [0.1, 0.15) is 24.9 Å². The Bertz CT molecular complexity index is 396. The standard InChI is InChI=1S/C12H17BrN2O2/c1-8(15-2)10-4-3-9(13)7-11(10)17-6-5-12(14)16/h3-4,7-8,15H,5-6H2,1-2H3,(H2,14,16). The molecule has 0 aliphatic heterocycles. The van der Waals surface area contributed by atoms with Crippen molar-refractivity contribution in [3.8, 4) is 5.75 Å². The van der Waals surface area contributed by atoms with Crippen LogP contribution >= 0.6 is 15.9 Å². The minimum atomic E-state index is -0.358. The summed E-state index contributed by atoms with van der Waals surface area (Å²) in [6.45, 7) is 2.35. The lowest BCUT2D eigenvalue weighted by molar-refractivity contribution is -0.118. The van der Waals surface area contributed by atoms with E-state index in [-0.39, 0.29) is 18.4 Å². The monoisotopic (exact) mass is 300 g/mol. The van der Waals surface area contributed by atoms with E-state index in [9.17, 15) is 4.79 Å². The van der Waals surface area contributed by atoms with Crippen molar-refractivity contribution in [2.24, 2.45) is 5.73 Å². The second kappa shape index (κ2) is 6.61. The maximum Gasteiger partial charge on any atom is 0.220 e. The molecule has 1 rings (SSSR count). The van der Waals surface area contributed by atoms with Crippen molar-refractivity contribution < 1.29 is 9.53 Å². The highest BCUT2D eigenvalue weighted by Gasteiger charge is 2.10. The fourth-order valence-electron chi connectivity index (χ4n) is 1.41. The SMILES string of the molecule is CNC(C)c1ccc(Br)cc1OCCC(N)=O. The van der Waals surface area contributed by atoms with E-state index in [0.717, 1.165) is 15.8 Å². The Morgan fingerprint density at radius 3 is 2.88 bits per heavy atom. The molecule has 1 unspecified atom stereocenters. The Morgan fingerprint density at radius 1 is 1.59 bits per heavy atom. The average molecular weight is 301 g/mol. The predicted octanol–water partition coefficient (Wildman–Crippen LogP) is 1.98. The summed E-state index contributed by atoms with van der Waals surface area (Å²) in [5.41, 5.74) is 6.13. The molecular formula is C12H17BrN2O2. The first kappa shape index (κ1) is 14.0. The minimum absolute atomic E-state index is 0.187. The number of ether oxygens (including phenoxy) is 1. The van der Waals surface area contributed by atoms with E-state index >= 15 is 0 Å². The summed E-state index contributed by atoms with van der Waals surface area (Å²) >= 11 is 3.40. The normalized spacial score (nSPS) is 12.2. The van der Waals surface area contributed by atoms with Gasteiger partial charge in [0.25, 0.3) is 0 Å². The van der Waals surface area contributed by atoms with Crippen LogP contribution in [0.2, 0.25) is 0 Å². The van der Waals surface area contributed by atoms with Crippen LogP contribution < -0.4 is 15.8 Å². The van der Waals surface area contributed by atoms with Crippen LogP contribution in [-0.4, -0.2) is 19.6 Å². The number of halogens is 1. The summed E-state index contributed by atoms with van der Waals surface area (Å²) < 4.78 is 6.52. The molecule has 0 fully saturated rings. The second-order valence-corrected chi connectivity index (χ2v) is 4.67. The average Bonchev–Trinajstić information content (AvgIpc) is 2.28. The van der Waals surface area contributed by atoms with Crippen molar-refractivity contribution in [3.05, 3.63) is 28.2 Å². The van der Waals surface area contributed by atoms with Crippen molar-refractivity contribution >= 4 is 21.8 Å². The van der Waals surface area contributed by atoms with Crippen LogP contribution in [0.5, 0.6) is 5.75 Å². The van der Waals surface area contributed by atoms with Crippen LogP contribution in [0.15, 0.2) is 22.7 Å². The van der Waals surface area contributed by atoms with Crippen LogP contribution in [0.3, 0.4) is 0 Å². The van der Waals surface area contributed by atoms with E-state index in [2.05, 4.69) is 21.2 Å². The number of nitrogens with one attached hydrogen (secondary N) is 1. The molecule has 0 saturated heterocycles. The molecule has 1 amide bonds. The van der Waals surface area contributed by atoms with Crippen molar-refractivity contribution in [3.63, 3.8) is 0 Å². The van der Waals surface area contributed by atoms with Crippen molar-refractivity contribution in [2.75, 3.05) is 13.7 Å². The maximum atomic E-state index is 10.7. The van der Waals surface area contributed by atoms with E-state index in [1.165, 1.54) is 0 Å². The molecular weight excluding hydrogens is 284 g/mol. The number of carbonyl (C=O) groups excluding carboxylic acids is 1. The van der Waals surface area contributed by atoms with Gasteiger partial charge in [-0.3, -0.25) is 4.79 Å². The lowest BCUT2D eigenvalue weighted by Gasteiger charge is -2.16. The fraction of sp³-hybridized carbons (Fsp3) is 0.417. The largest absolute Gasteiger partial charge is 0.493 e. The number of carbonyl (C=O) groups is 1. The molecule has 1 atom stereocenters. The van der Waals surface area contributed by atoms with Crippen LogP contribution in [0, 0.1) is 0 Å². The molecule has 0 heterocycles. The van der Waals surface area contributed by atoms with Gasteiger partial charge >= 0.3 is 0 Å². The minimum Gasteiger partial charge on any atom is -0.493 e. The predicted molar refractivity (Wildman–Crippen MR) is 70.9 cm³/mol. The maximum absolute atomic E-state index is 10.7. The molecule has 3 N–H and O–H groups in total. The fourth-order valence-corrected chi connectivity index (χ4v) is 1.75. The van der Waals surface area contributed by atoms with Gasteiger partial charge in [0.05, 0.1) is 13.0 Å². The highest BCUT2D eigenvalue weighted by Crippen LogP contribution is 2.28. The van der Waals surface area contributed by atoms with E-state index in [4.69, 9.17) is 10.5 Å². The molecule has 0 aliphatic carbocycles. The van der Waals surface area contributed by atoms with Gasteiger partial charge in [-0.05, 0) is 26.1 Å². The van der Waals surface area contributed by atoms with Crippen LogP contribution in [0.4, 0.5) is 0 Å². The Morgan fingerprint density at radius 2 is 2.29 bits per heavy atom. The number of amides is 1. The van der Waals surface area contributed by atoms with Gasteiger partial charge in [0, 0.05) is 16.1 Å². The zero-order chi connectivity index (χ0) is 12.8. The topological polar surface area (TPSA) is 64.3 Å². The third-order valence-corrected chi connectivity index (χ3v) is 2.97. The molecule has 94 valence electrons. The smallest absolute Gasteiger partial charge is 0.220 e. The van der Waals surface area contributed by atoms with E-state index in [0.29, 0.717) is 6.61 Å². The second-order valence-electron chi connectivity index (χ2n) is 3.76. The van der Waals surface area contributed by atoms with E-state index in [1.54, 1.807) is 0 Å². The number of benzene rings is 1. The highest BCUT2D eigenvalue weighted by atomic mass is 79.9. The quantitative estimate of drug-likeness (QED) is 0.844. The molecule has 1 aromatic carbocycles. The summed E-state index contributed by atoms with van der Waals surface area (Å²) in [5, 5.41) is 3.15. The molecule has 0 aliphatic rings. The lowest BCUT2D eigenvalue weighted by Crippen LogP contribution is -2.17. The molecule has 5 heteroatoms. The number of hydrogen-bond acceptors (Lipinski definition) is 3. The number of hydrogen-bond donors (Lipinski definition) is 2. The van der Waals surface area contributed by atoms with Gasteiger partial charge in [-0.25, -0.2) is 0 Å². The summed E-state index contributed by atoms with van der Waals surface area (Å²) in [6.07, 6.45) is 0.222. The summed E-state index contributed by atoms with van der Waals surface area (Å²) in [5.74, 6) is 0.408. The molecule has 0 saturated carbocycles.